The number of carbonyl (C=O) groups is 1. The van der Waals surface area contributed by atoms with Gasteiger partial charge in [0.2, 0.25) is 5.91 Å². The van der Waals surface area contributed by atoms with Gasteiger partial charge in [0.05, 0.1) is 6.04 Å². The molecule has 0 aromatic carbocycles. The highest BCUT2D eigenvalue weighted by atomic mass is 16.1. The number of terminal acetylenes is 1. The van der Waals surface area contributed by atoms with Gasteiger partial charge in [-0.25, -0.2) is 0 Å². The van der Waals surface area contributed by atoms with E-state index in [9.17, 15) is 4.79 Å². The van der Waals surface area contributed by atoms with Crippen molar-refractivity contribution in [2.24, 2.45) is 0 Å². The van der Waals surface area contributed by atoms with Crippen molar-refractivity contribution in [3.8, 4) is 12.3 Å². The summed E-state index contributed by atoms with van der Waals surface area (Å²) in [6, 6.07) is -0.167. The van der Waals surface area contributed by atoms with Crippen molar-refractivity contribution in [1.29, 1.82) is 0 Å². The third-order valence-electron chi connectivity index (χ3n) is 2.07. The quantitative estimate of drug-likeness (QED) is 0.399. The number of hydrogen-bond donors (Lipinski definition) is 2. The molecule has 1 unspecified atom stereocenters. The van der Waals surface area contributed by atoms with Gasteiger partial charge in [-0.05, 0) is 18.6 Å². The average molecular weight is 232 g/mol. The maximum absolute atomic E-state index is 11.2. The molecule has 0 fully saturated rings. The van der Waals surface area contributed by atoms with Crippen LogP contribution in [0.4, 0.5) is 0 Å². The smallest absolute Gasteiger partial charge is 0.243 e. The van der Waals surface area contributed by atoms with E-state index in [4.69, 9.17) is 6.42 Å². The first-order valence-electron chi connectivity index (χ1n) is 5.60. The van der Waals surface area contributed by atoms with Crippen molar-refractivity contribution in [3.63, 3.8) is 0 Å². The molecule has 0 rings (SSSR count). The fourth-order valence-corrected chi connectivity index (χ4v) is 1.23. The molecule has 0 spiro atoms. The molecule has 0 aliphatic carbocycles. The van der Waals surface area contributed by atoms with Gasteiger partial charge in [-0.15, -0.1) is 12.3 Å². The second-order valence-electron chi connectivity index (χ2n) is 3.40. The maximum atomic E-state index is 11.2. The third-order valence-corrected chi connectivity index (χ3v) is 2.07. The Labute approximate surface area is 104 Å². The van der Waals surface area contributed by atoms with E-state index in [-0.39, 0.29) is 11.9 Å². The third kappa shape index (κ3) is 7.02. The minimum absolute atomic E-state index is 0.167. The number of allylic oxidation sites excluding steroid dienone is 2. The first kappa shape index (κ1) is 15.0. The fraction of sp³-hybridized carbons (Fsp3) is 0.357. The van der Waals surface area contributed by atoms with Crippen LogP contribution in [0.3, 0.4) is 0 Å². The number of carbonyl (C=O) groups excluding carboxylic acids is 1. The molecule has 2 N–H and O–H groups in total. The Balaban J connectivity index is 4.57. The molecule has 1 atom stereocenters. The van der Waals surface area contributed by atoms with Crippen LogP contribution in [-0.2, 0) is 4.79 Å². The first-order chi connectivity index (χ1) is 8.17. The van der Waals surface area contributed by atoms with Crippen LogP contribution in [-0.4, -0.2) is 19.0 Å². The second-order valence-corrected chi connectivity index (χ2v) is 3.40. The summed E-state index contributed by atoms with van der Waals surface area (Å²) >= 11 is 0. The lowest BCUT2D eigenvalue weighted by atomic mass is 10.1. The first-order valence-corrected chi connectivity index (χ1v) is 5.60. The maximum Gasteiger partial charge on any atom is 0.243 e. The highest BCUT2D eigenvalue weighted by Crippen LogP contribution is 1.99. The summed E-state index contributed by atoms with van der Waals surface area (Å²) in [5, 5.41) is 5.81. The van der Waals surface area contributed by atoms with Crippen molar-refractivity contribution in [3.05, 3.63) is 36.6 Å². The minimum Gasteiger partial charge on any atom is -0.388 e. The predicted octanol–water partition coefficient (Wildman–Crippen LogP) is 1.75. The summed E-state index contributed by atoms with van der Waals surface area (Å²) in [6.45, 7) is 5.46. The van der Waals surface area contributed by atoms with E-state index in [1.165, 1.54) is 6.08 Å². The highest BCUT2D eigenvalue weighted by molar-refractivity contribution is 5.87. The van der Waals surface area contributed by atoms with Gasteiger partial charge in [-0.3, -0.25) is 4.79 Å². The van der Waals surface area contributed by atoms with E-state index in [1.807, 2.05) is 19.2 Å². The Morgan fingerprint density at radius 1 is 1.59 bits per heavy atom. The van der Waals surface area contributed by atoms with Crippen molar-refractivity contribution < 1.29 is 4.79 Å². The summed E-state index contributed by atoms with van der Waals surface area (Å²) in [7, 11) is 1.85. The molecule has 0 aliphatic heterocycles. The molecule has 0 saturated heterocycles. The Kier molecular flexibility index (Phi) is 8.22. The standard InChI is InChI=1S/C14H20N2O/c1-5-8-12(15-4)10-11-13(9-6-2)16-14(17)7-3/h2,7-8,10-11,13,15H,3,5,9H2,1,4H3,(H,16,17)/b11-10-,12-8+. The topological polar surface area (TPSA) is 41.1 Å². The predicted molar refractivity (Wildman–Crippen MR) is 72.2 cm³/mol. The number of amides is 1. The largest absolute Gasteiger partial charge is 0.388 e. The molecule has 0 aliphatic rings. The van der Waals surface area contributed by atoms with Crippen LogP contribution in [0.25, 0.3) is 0 Å². The molecule has 0 aromatic heterocycles. The molecule has 0 bridgehead atoms. The Bertz CT molecular complexity index is 348. The van der Waals surface area contributed by atoms with Crippen LogP contribution >= 0.6 is 0 Å². The molecular weight excluding hydrogens is 212 g/mol. The number of likely N-dealkylation sites (N-methyl/N-ethyl adjacent to an activating group) is 1. The molecule has 92 valence electrons. The zero-order chi connectivity index (χ0) is 13.1. The van der Waals surface area contributed by atoms with Crippen molar-refractivity contribution in [1.82, 2.24) is 10.6 Å². The molecular formula is C14H20N2O. The van der Waals surface area contributed by atoms with E-state index in [0.717, 1.165) is 12.1 Å². The lowest BCUT2D eigenvalue weighted by Crippen LogP contribution is -2.31. The van der Waals surface area contributed by atoms with Gasteiger partial charge in [-0.2, -0.15) is 0 Å². The normalized spacial score (nSPS) is 12.9. The lowest BCUT2D eigenvalue weighted by molar-refractivity contribution is -0.116. The molecule has 0 radical (unpaired) electrons. The monoisotopic (exact) mass is 232 g/mol. The number of nitrogens with one attached hydrogen (secondary N) is 2. The van der Waals surface area contributed by atoms with Gasteiger partial charge in [0.1, 0.15) is 0 Å². The van der Waals surface area contributed by atoms with E-state index in [0.29, 0.717) is 6.42 Å². The molecule has 1 amide bonds. The van der Waals surface area contributed by atoms with Gasteiger partial charge >= 0.3 is 0 Å². The summed E-state index contributed by atoms with van der Waals surface area (Å²) in [6.07, 6.45) is 13.7. The van der Waals surface area contributed by atoms with Crippen LogP contribution in [0.15, 0.2) is 36.6 Å². The molecule has 0 heterocycles. The van der Waals surface area contributed by atoms with Crippen molar-refractivity contribution in [2.45, 2.75) is 25.8 Å². The van der Waals surface area contributed by atoms with E-state index in [2.05, 4.69) is 36.1 Å². The summed E-state index contributed by atoms with van der Waals surface area (Å²) in [4.78, 5) is 11.2. The Morgan fingerprint density at radius 3 is 2.76 bits per heavy atom. The van der Waals surface area contributed by atoms with E-state index >= 15 is 0 Å². The van der Waals surface area contributed by atoms with E-state index in [1.54, 1.807) is 0 Å². The lowest BCUT2D eigenvalue weighted by Gasteiger charge is -2.11. The van der Waals surface area contributed by atoms with Crippen LogP contribution in [0.5, 0.6) is 0 Å². The van der Waals surface area contributed by atoms with Gasteiger partial charge < -0.3 is 10.6 Å². The highest BCUT2D eigenvalue weighted by Gasteiger charge is 2.04. The van der Waals surface area contributed by atoms with Crippen LogP contribution < -0.4 is 10.6 Å². The second kappa shape index (κ2) is 9.29. The SMILES string of the molecule is C#CCC(/C=C\C(=C/CC)NC)NC(=O)C=C. The Morgan fingerprint density at radius 2 is 2.29 bits per heavy atom. The summed E-state index contributed by atoms with van der Waals surface area (Å²) in [5.74, 6) is 2.31. The average Bonchev–Trinajstić information content (AvgIpc) is 2.34. The summed E-state index contributed by atoms with van der Waals surface area (Å²) < 4.78 is 0. The van der Waals surface area contributed by atoms with Gasteiger partial charge in [-0.1, -0.05) is 25.7 Å². The number of hydrogen-bond acceptors (Lipinski definition) is 2. The van der Waals surface area contributed by atoms with Gasteiger partial charge in [0, 0.05) is 19.2 Å². The molecule has 3 nitrogen and oxygen atoms in total. The van der Waals surface area contributed by atoms with Crippen molar-refractivity contribution in [2.75, 3.05) is 7.05 Å². The minimum atomic E-state index is -0.222. The van der Waals surface area contributed by atoms with Crippen LogP contribution in [0.1, 0.15) is 19.8 Å². The van der Waals surface area contributed by atoms with E-state index < -0.39 is 0 Å². The molecule has 0 aromatic rings. The van der Waals surface area contributed by atoms with Crippen LogP contribution in [0, 0.1) is 12.3 Å². The number of rotatable bonds is 7. The summed E-state index contributed by atoms with van der Waals surface area (Å²) in [5.41, 5.74) is 1.00. The fourth-order valence-electron chi connectivity index (χ4n) is 1.23. The molecule has 17 heavy (non-hydrogen) atoms. The zero-order valence-electron chi connectivity index (χ0n) is 10.5. The molecule has 3 heteroatoms. The van der Waals surface area contributed by atoms with Crippen molar-refractivity contribution >= 4 is 5.91 Å². The molecule has 0 saturated carbocycles. The zero-order valence-corrected chi connectivity index (χ0v) is 10.5. The van der Waals surface area contributed by atoms with Crippen LogP contribution in [0.2, 0.25) is 0 Å². The van der Waals surface area contributed by atoms with Gasteiger partial charge in [0.25, 0.3) is 0 Å². The van der Waals surface area contributed by atoms with Gasteiger partial charge in [0.15, 0.2) is 0 Å². The Hall–Kier alpha value is -1.95.